The molecule has 0 bridgehead atoms. The molecule has 8 heteroatoms. The van der Waals surface area contributed by atoms with Crippen LogP contribution in [0.2, 0.25) is 0 Å². The topological polar surface area (TPSA) is 75.7 Å². The Hall–Kier alpha value is -3.23. The summed E-state index contributed by atoms with van der Waals surface area (Å²) in [6.07, 6.45) is 1.48. The number of rotatable bonds is 6. The van der Waals surface area contributed by atoms with E-state index in [9.17, 15) is 17.6 Å². The number of para-hydroxylation sites is 1. The molecular formula is C23H21FN2O4S. The summed E-state index contributed by atoms with van der Waals surface area (Å²) < 4.78 is 46.7. The summed E-state index contributed by atoms with van der Waals surface area (Å²) in [4.78, 5) is 12.2. The van der Waals surface area contributed by atoms with Crippen molar-refractivity contribution in [1.29, 1.82) is 0 Å². The summed E-state index contributed by atoms with van der Waals surface area (Å²) in [6, 6.07) is 19.4. The zero-order valence-electron chi connectivity index (χ0n) is 16.6. The van der Waals surface area contributed by atoms with Crippen LogP contribution < -0.4 is 10.1 Å². The molecule has 0 saturated carbocycles. The first-order valence-electron chi connectivity index (χ1n) is 9.87. The fourth-order valence-electron chi connectivity index (χ4n) is 3.34. The van der Waals surface area contributed by atoms with Gasteiger partial charge in [-0.3, -0.25) is 4.79 Å². The Kier molecular flexibility index (Phi) is 6.01. The van der Waals surface area contributed by atoms with Gasteiger partial charge >= 0.3 is 0 Å². The number of anilines is 1. The molecule has 1 heterocycles. The molecule has 0 radical (unpaired) electrons. The Morgan fingerprint density at radius 1 is 0.903 bits per heavy atom. The number of amides is 1. The lowest BCUT2D eigenvalue weighted by Gasteiger charge is -2.16. The van der Waals surface area contributed by atoms with Crippen LogP contribution in [0.25, 0.3) is 0 Å². The summed E-state index contributed by atoms with van der Waals surface area (Å²) >= 11 is 0. The molecule has 6 nitrogen and oxygen atoms in total. The number of sulfonamides is 1. The lowest BCUT2D eigenvalue weighted by Crippen LogP contribution is -2.29. The maximum atomic E-state index is 14.3. The van der Waals surface area contributed by atoms with Gasteiger partial charge in [0.15, 0.2) is 0 Å². The molecule has 1 saturated heterocycles. The second kappa shape index (κ2) is 8.87. The lowest BCUT2D eigenvalue weighted by molar-refractivity contribution is 0.102. The molecule has 1 fully saturated rings. The molecule has 3 aromatic carbocycles. The van der Waals surface area contributed by atoms with E-state index in [1.807, 2.05) is 30.3 Å². The van der Waals surface area contributed by atoms with Crippen LogP contribution >= 0.6 is 0 Å². The maximum Gasteiger partial charge on any atom is 0.255 e. The van der Waals surface area contributed by atoms with Gasteiger partial charge in [0.2, 0.25) is 10.0 Å². The van der Waals surface area contributed by atoms with E-state index in [2.05, 4.69) is 5.32 Å². The third kappa shape index (κ3) is 4.76. The van der Waals surface area contributed by atoms with E-state index in [4.69, 9.17) is 4.74 Å². The monoisotopic (exact) mass is 440 g/mol. The fourth-order valence-corrected chi connectivity index (χ4v) is 4.95. The smallest absolute Gasteiger partial charge is 0.255 e. The standard InChI is InChI=1S/C23H21FN2O4S/c24-21-13-8-17(16-22(21)31(28,29)26-14-4-5-15-26)23(27)25-18-9-11-20(12-10-18)30-19-6-2-1-3-7-19/h1-3,6-13,16H,4-5,14-15H2,(H,25,27). The van der Waals surface area contributed by atoms with Gasteiger partial charge in [-0.25, -0.2) is 12.8 Å². The van der Waals surface area contributed by atoms with E-state index in [1.165, 1.54) is 10.4 Å². The quantitative estimate of drug-likeness (QED) is 0.605. The molecule has 160 valence electrons. The zero-order chi connectivity index (χ0) is 21.8. The van der Waals surface area contributed by atoms with Crippen LogP contribution in [0.3, 0.4) is 0 Å². The fraction of sp³-hybridized carbons (Fsp3) is 0.174. The van der Waals surface area contributed by atoms with Crippen LogP contribution in [0.15, 0.2) is 77.7 Å². The average molecular weight is 440 g/mol. The van der Waals surface area contributed by atoms with Gasteiger partial charge in [0.05, 0.1) is 0 Å². The van der Waals surface area contributed by atoms with Crippen molar-refractivity contribution in [3.8, 4) is 11.5 Å². The molecule has 0 unspecified atom stereocenters. The molecule has 1 aliphatic heterocycles. The summed E-state index contributed by atoms with van der Waals surface area (Å²) in [6.45, 7) is 0.713. The van der Waals surface area contributed by atoms with Crippen LogP contribution in [-0.2, 0) is 10.0 Å². The highest BCUT2D eigenvalue weighted by atomic mass is 32.2. The van der Waals surface area contributed by atoms with Gasteiger partial charge in [0.1, 0.15) is 22.2 Å². The van der Waals surface area contributed by atoms with Crippen molar-refractivity contribution < 1.29 is 22.3 Å². The molecule has 1 amide bonds. The summed E-state index contributed by atoms with van der Waals surface area (Å²) in [7, 11) is -3.97. The molecule has 1 aliphatic rings. The van der Waals surface area contributed by atoms with E-state index < -0.39 is 26.6 Å². The van der Waals surface area contributed by atoms with Crippen LogP contribution in [0.5, 0.6) is 11.5 Å². The van der Waals surface area contributed by atoms with Gasteiger partial charge < -0.3 is 10.1 Å². The number of carbonyl (C=O) groups is 1. The van der Waals surface area contributed by atoms with Crippen LogP contribution in [-0.4, -0.2) is 31.7 Å². The average Bonchev–Trinajstić information content (AvgIpc) is 3.32. The van der Waals surface area contributed by atoms with Gasteiger partial charge in [-0.15, -0.1) is 0 Å². The number of hydrogen-bond acceptors (Lipinski definition) is 4. The minimum atomic E-state index is -3.97. The predicted octanol–water partition coefficient (Wildman–Crippen LogP) is 4.65. The maximum absolute atomic E-state index is 14.3. The molecule has 4 rings (SSSR count). The van der Waals surface area contributed by atoms with E-state index in [-0.39, 0.29) is 5.56 Å². The lowest BCUT2D eigenvalue weighted by atomic mass is 10.2. The molecule has 0 aliphatic carbocycles. The second-order valence-electron chi connectivity index (χ2n) is 7.15. The number of hydrogen-bond donors (Lipinski definition) is 1. The van der Waals surface area contributed by atoms with Gasteiger partial charge in [-0.05, 0) is 67.4 Å². The summed E-state index contributed by atoms with van der Waals surface area (Å²) in [5.41, 5.74) is 0.558. The largest absolute Gasteiger partial charge is 0.457 e. The Morgan fingerprint density at radius 3 is 2.23 bits per heavy atom. The summed E-state index contributed by atoms with van der Waals surface area (Å²) in [5.74, 6) is -0.109. The normalized spacial score (nSPS) is 14.4. The van der Waals surface area contributed by atoms with Crippen LogP contribution in [0.4, 0.5) is 10.1 Å². The van der Waals surface area contributed by atoms with E-state index in [0.29, 0.717) is 30.3 Å². The molecular weight excluding hydrogens is 419 g/mol. The molecule has 0 spiro atoms. The summed E-state index contributed by atoms with van der Waals surface area (Å²) in [5, 5.41) is 2.69. The third-order valence-corrected chi connectivity index (χ3v) is 6.88. The van der Waals surface area contributed by atoms with Gasteiger partial charge in [-0.2, -0.15) is 4.31 Å². The van der Waals surface area contributed by atoms with Crippen molar-refractivity contribution in [1.82, 2.24) is 4.31 Å². The number of nitrogens with zero attached hydrogens (tertiary/aromatic N) is 1. The highest BCUT2D eigenvalue weighted by molar-refractivity contribution is 7.89. The van der Waals surface area contributed by atoms with Gasteiger partial charge in [-0.1, -0.05) is 18.2 Å². The second-order valence-corrected chi connectivity index (χ2v) is 9.06. The molecule has 3 aromatic rings. The SMILES string of the molecule is O=C(Nc1ccc(Oc2ccccc2)cc1)c1ccc(F)c(S(=O)(=O)N2CCCC2)c1. The first kappa shape index (κ1) is 21.0. The first-order valence-corrected chi connectivity index (χ1v) is 11.3. The number of nitrogens with one attached hydrogen (secondary N) is 1. The Labute approximate surface area is 180 Å². The first-order chi connectivity index (χ1) is 14.9. The van der Waals surface area contributed by atoms with E-state index >= 15 is 0 Å². The number of halogens is 1. The Balaban J connectivity index is 1.48. The Morgan fingerprint density at radius 2 is 1.55 bits per heavy atom. The van der Waals surface area contributed by atoms with Crippen molar-refractivity contribution in [3.05, 3.63) is 84.2 Å². The minimum absolute atomic E-state index is 0.0591. The van der Waals surface area contributed by atoms with E-state index in [1.54, 1.807) is 24.3 Å². The van der Waals surface area contributed by atoms with Gasteiger partial charge in [0.25, 0.3) is 5.91 Å². The molecule has 0 aromatic heterocycles. The predicted molar refractivity (Wildman–Crippen MR) is 115 cm³/mol. The minimum Gasteiger partial charge on any atom is -0.457 e. The Bertz CT molecular complexity index is 1180. The van der Waals surface area contributed by atoms with E-state index in [0.717, 1.165) is 25.0 Å². The number of benzene rings is 3. The van der Waals surface area contributed by atoms with Crippen molar-refractivity contribution in [2.24, 2.45) is 0 Å². The number of ether oxygens (including phenoxy) is 1. The highest BCUT2D eigenvalue weighted by Crippen LogP contribution is 2.26. The van der Waals surface area contributed by atoms with Crippen molar-refractivity contribution in [2.75, 3.05) is 18.4 Å². The van der Waals surface area contributed by atoms with Gasteiger partial charge in [0, 0.05) is 24.3 Å². The zero-order valence-corrected chi connectivity index (χ0v) is 17.4. The van der Waals surface area contributed by atoms with Crippen molar-refractivity contribution in [3.63, 3.8) is 0 Å². The van der Waals surface area contributed by atoms with Crippen molar-refractivity contribution >= 4 is 21.6 Å². The van der Waals surface area contributed by atoms with Crippen LogP contribution in [0.1, 0.15) is 23.2 Å². The number of carbonyl (C=O) groups excluding carboxylic acids is 1. The molecule has 1 N–H and O–H groups in total. The molecule has 31 heavy (non-hydrogen) atoms. The third-order valence-electron chi connectivity index (χ3n) is 4.97. The van der Waals surface area contributed by atoms with Crippen molar-refractivity contribution in [2.45, 2.75) is 17.7 Å². The van der Waals surface area contributed by atoms with Crippen LogP contribution in [0, 0.1) is 5.82 Å². The highest BCUT2D eigenvalue weighted by Gasteiger charge is 2.30. The molecule has 0 atom stereocenters.